The molecule has 3 unspecified atom stereocenters. The Morgan fingerprint density at radius 2 is 1.73 bits per heavy atom. The molecule has 1 saturated carbocycles. The van der Waals surface area contributed by atoms with E-state index < -0.39 is 53.6 Å². The van der Waals surface area contributed by atoms with Gasteiger partial charge in [0.1, 0.15) is 18.9 Å². The van der Waals surface area contributed by atoms with Crippen LogP contribution in [0.5, 0.6) is 0 Å². The molecule has 48 heavy (non-hydrogen) atoms. The van der Waals surface area contributed by atoms with Crippen molar-refractivity contribution in [3.63, 3.8) is 0 Å². The Balaban J connectivity index is 1.78. The third-order valence-electron chi connectivity index (χ3n) is 10.9. The second-order valence-corrected chi connectivity index (χ2v) is 16.1. The maximum Gasteiger partial charge on any atom is 0.410 e. The van der Waals surface area contributed by atoms with Gasteiger partial charge in [-0.25, -0.2) is 9.59 Å². The monoisotopic (exact) mass is 678 g/mol. The molecule has 2 aliphatic heterocycles. The molecule has 0 aromatic heterocycles. The van der Waals surface area contributed by atoms with E-state index in [0.717, 1.165) is 12.8 Å². The van der Waals surface area contributed by atoms with E-state index in [1.807, 2.05) is 27.7 Å². The first-order valence-electron chi connectivity index (χ1n) is 18.0. The summed E-state index contributed by atoms with van der Waals surface area (Å²) < 4.78 is 5.09. The number of hydrogen-bond acceptors (Lipinski definition) is 8. The molecule has 13 heteroatoms. The van der Waals surface area contributed by atoms with Gasteiger partial charge in [0.05, 0.1) is 24.7 Å². The molecule has 0 bridgehead atoms. The summed E-state index contributed by atoms with van der Waals surface area (Å²) in [4.78, 5) is 68.1. The number of cyclic esters (lactones) is 1. The van der Waals surface area contributed by atoms with Crippen molar-refractivity contribution in [2.75, 3.05) is 26.2 Å². The molecule has 2 saturated heterocycles. The zero-order valence-corrected chi connectivity index (χ0v) is 30.4. The van der Waals surface area contributed by atoms with Crippen molar-refractivity contribution in [2.24, 2.45) is 40.7 Å². The van der Waals surface area contributed by atoms with Crippen LogP contribution in [0.1, 0.15) is 100 Å². The van der Waals surface area contributed by atoms with Gasteiger partial charge in [-0.15, -0.1) is 0 Å². The van der Waals surface area contributed by atoms with Gasteiger partial charge < -0.3 is 36.0 Å². The number of rotatable bonds is 17. The number of hydrogen-bond donors (Lipinski definition) is 5. The summed E-state index contributed by atoms with van der Waals surface area (Å²) in [5, 5.41) is 20.5. The van der Waals surface area contributed by atoms with E-state index in [2.05, 4.69) is 43.6 Å². The molecule has 3 rings (SSSR count). The average Bonchev–Trinajstić information content (AvgIpc) is 3.61. The van der Waals surface area contributed by atoms with E-state index in [0.29, 0.717) is 38.5 Å². The van der Waals surface area contributed by atoms with E-state index in [4.69, 9.17) is 10.5 Å². The second kappa shape index (κ2) is 17.1. The number of likely N-dealkylation sites (tertiary alicyclic amines) is 1. The summed E-state index contributed by atoms with van der Waals surface area (Å²) in [6.07, 6.45) is 4.37. The number of urea groups is 1. The second-order valence-electron chi connectivity index (χ2n) is 16.1. The maximum atomic E-state index is 14.4. The van der Waals surface area contributed by atoms with Crippen LogP contribution in [0.2, 0.25) is 0 Å². The lowest BCUT2D eigenvalue weighted by atomic mass is 9.81. The quantitative estimate of drug-likeness (QED) is 0.115. The summed E-state index contributed by atoms with van der Waals surface area (Å²) >= 11 is 0. The highest BCUT2D eigenvalue weighted by Crippen LogP contribution is 2.34. The molecule has 13 nitrogen and oxygen atoms in total. The van der Waals surface area contributed by atoms with Gasteiger partial charge in [0.2, 0.25) is 11.7 Å². The standard InChI is InChI=1S/C35H62N6O7/c1-20(2)22(5)26(19-40-15-16-48-34(40)47)38-33(46)39-29(35(6,7)8)32(45)41-18-24(21(3)4)17-27(41)31(44)37-25(28(42)30(36)43)14-10-13-23-11-9-12-23/h20-27,29,31,37,44H,9-19H2,1-8H3,(H2,36,43)(H2,38,39,46)/t22?,24-,25?,26-,27+,29-,31?/m1/s1. The first-order valence-corrected chi connectivity index (χ1v) is 18.0. The van der Waals surface area contributed by atoms with Gasteiger partial charge in [-0.2, -0.15) is 0 Å². The highest BCUT2D eigenvalue weighted by molar-refractivity contribution is 6.37. The minimum Gasteiger partial charge on any atom is -0.448 e. The molecule has 0 aromatic rings. The van der Waals surface area contributed by atoms with Gasteiger partial charge in [-0.3, -0.25) is 19.7 Å². The van der Waals surface area contributed by atoms with Crippen molar-refractivity contribution in [1.82, 2.24) is 25.8 Å². The number of ketones is 1. The zero-order valence-electron chi connectivity index (χ0n) is 30.4. The molecule has 274 valence electrons. The Morgan fingerprint density at radius 1 is 1.06 bits per heavy atom. The van der Waals surface area contributed by atoms with E-state index >= 15 is 0 Å². The first kappa shape index (κ1) is 39.5. The van der Waals surface area contributed by atoms with Crippen LogP contribution in [0.4, 0.5) is 9.59 Å². The minimum atomic E-state index is -1.29. The Morgan fingerprint density at radius 3 is 2.23 bits per heavy atom. The van der Waals surface area contributed by atoms with E-state index in [1.165, 1.54) is 19.3 Å². The van der Waals surface area contributed by atoms with Crippen molar-refractivity contribution >= 4 is 29.7 Å². The number of carbonyl (C=O) groups excluding carboxylic acids is 5. The third kappa shape index (κ3) is 10.5. The number of nitrogens with two attached hydrogens (primary N) is 1. The molecule has 2 heterocycles. The predicted octanol–water partition coefficient (Wildman–Crippen LogP) is 2.99. The normalized spacial score (nSPS) is 23.4. The minimum absolute atomic E-state index is 0.0219. The van der Waals surface area contributed by atoms with E-state index in [1.54, 1.807) is 9.80 Å². The summed E-state index contributed by atoms with van der Waals surface area (Å²) in [5.41, 5.74) is 4.68. The highest BCUT2D eigenvalue weighted by atomic mass is 16.6. The van der Waals surface area contributed by atoms with Crippen LogP contribution in [0.3, 0.4) is 0 Å². The number of nitrogens with one attached hydrogen (secondary N) is 3. The van der Waals surface area contributed by atoms with Crippen molar-refractivity contribution < 1.29 is 33.8 Å². The summed E-state index contributed by atoms with van der Waals surface area (Å²) in [6.45, 7) is 17.3. The van der Waals surface area contributed by atoms with Crippen LogP contribution >= 0.6 is 0 Å². The van der Waals surface area contributed by atoms with Crippen LogP contribution in [-0.4, -0.2) is 101 Å². The summed E-state index contributed by atoms with van der Waals surface area (Å²) in [5.74, 6) is -1.03. The average molecular weight is 679 g/mol. The Hall–Kier alpha value is -2.93. The third-order valence-corrected chi connectivity index (χ3v) is 10.9. The zero-order chi connectivity index (χ0) is 35.9. The van der Waals surface area contributed by atoms with Gasteiger partial charge >= 0.3 is 12.1 Å². The molecule has 6 N–H and O–H groups in total. The molecule has 0 aromatic carbocycles. The van der Waals surface area contributed by atoms with Crippen LogP contribution in [0, 0.1) is 35.0 Å². The van der Waals surface area contributed by atoms with Gasteiger partial charge in [0.25, 0.3) is 5.91 Å². The number of amides is 5. The van der Waals surface area contributed by atoms with Crippen molar-refractivity contribution in [2.45, 2.75) is 131 Å². The lowest BCUT2D eigenvalue weighted by molar-refractivity contribution is -0.141. The van der Waals surface area contributed by atoms with Crippen molar-refractivity contribution in [3.8, 4) is 0 Å². The molecule has 7 atom stereocenters. The number of carbonyl (C=O) groups is 5. The lowest BCUT2D eigenvalue weighted by Crippen LogP contribution is -2.62. The van der Waals surface area contributed by atoms with Crippen LogP contribution in [0.25, 0.3) is 0 Å². The number of primary amides is 1. The van der Waals surface area contributed by atoms with Crippen LogP contribution < -0.4 is 21.7 Å². The van der Waals surface area contributed by atoms with E-state index in [-0.39, 0.29) is 42.2 Å². The first-order chi connectivity index (χ1) is 22.4. The molecular weight excluding hydrogens is 616 g/mol. The Labute approximate surface area is 286 Å². The number of nitrogens with zero attached hydrogens (tertiary/aromatic N) is 2. The van der Waals surface area contributed by atoms with E-state index in [9.17, 15) is 29.1 Å². The number of Topliss-reactive ketones (excluding diaryl/α,β-unsaturated/α-hetero) is 1. The van der Waals surface area contributed by atoms with Gasteiger partial charge in [0.15, 0.2) is 0 Å². The molecule has 0 radical (unpaired) electrons. The maximum absolute atomic E-state index is 14.4. The van der Waals surface area contributed by atoms with Crippen LogP contribution in [-0.2, 0) is 19.1 Å². The molecule has 5 amide bonds. The predicted molar refractivity (Wildman–Crippen MR) is 182 cm³/mol. The lowest BCUT2D eigenvalue weighted by Gasteiger charge is -2.38. The summed E-state index contributed by atoms with van der Waals surface area (Å²) in [7, 11) is 0. The van der Waals surface area contributed by atoms with Crippen molar-refractivity contribution in [1.29, 1.82) is 0 Å². The smallest absolute Gasteiger partial charge is 0.410 e. The molecule has 0 spiro atoms. The van der Waals surface area contributed by atoms with Gasteiger partial charge in [0, 0.05) is 13.1 Å². The topological polar surface area (TPSA) is 183 Å². The van der Waals surface area contributed by atoms with Crippen molar-refractivity contribution in [3.05, 3.63) is 0 Å². The SMILES string of the molecule is CC(C)C(C)[C@@H](CN1CCOC1=O)NC(=O)N[C@H](C(=O)N1C[C@H](C(C)C)C[C@H]1C(O)NC(CCCC1CCC1)C(=O)C(N)=O)C(C)(C)C. The molecule has 1 aliphatic carbocycles. The highest BCUT2D eigenvalue weighted by Gasteiger charge is 2.46. The fourth-order valence-electron chi connectivity index (χ4n) is 6.90. The molecule has 3 fully saturated rings. The molecule has 3 aliphatic rings. The number of aliphatic hydroxyl groups excluding tert-OH is 1. The Bertz CT molecular complexity index is 1140. The fraction of sp³-hybridized carbons (Fsp3) is 0.857. The summed E-state index contributed by atoms with van der Waals surface area (Å²) in [6, 6.07) is -3.50. The largest absolute Gasteiger partial charge is 0.448 e. The van der Waals surface area contributed by atoms with Crippen LogP contribution in [0.15, 0.2) is 0 Å². The van der Waals surface area contributed by atoms with Gasteiger partial charge in [-0.1, -0.05) is 87.5 Å². The fourth-order valence-corrected chi connectivity index (χ4v) is 6.90. The number of ether oxygens (including phenoxy) is 1. The Kier molecular flexibility index (Phi) is 14.1. The van der Waals surface area contributed by atoms with Gasteiger partial charge in [-0.05, 0) is 47.8 Å². The molecular formula is C35H62N6O7. The number of aliphatic hydroxyl groups is 1.